The van der Waals surface area contributed by atoms with E-state index in [1.807, 2.05) is 6.92 Å². The molecule has 2 N–H and O–H groups in total. The molecule has 5 heteroatoms. The zero-order valence-corrected chi connectivity index (χ0v) is 11.8. The van der Waals surface area contributed by atoms with Gasteiger partial charge in [-0.2, -0.15) is 0 Å². The molecule has 20 heavy (non-hydrogen) atoms. The van der Waals surface area contributed by atoms with Gasteiger partial charge in [-0.1, -0.05) is 6.07 Å². The predicted octanol–water partition coefficient (Wildman–Crippen LogP) is 3.01. The van der Waals surface area contributed by atoms with E-state index in [0.29, 0.717) is 6.04 Å². The SMILES string of the molecule is Cc1ccc2c(c1)nc(C)n2[C@@H]1CC[C@H](NC(=O)O)C1. The van der Waals surface area contributed by atoms with Crippen molar-refractivity contribution in [3.63, 3.8) is 0 Å². The first-order valence-electron chi connectivity index (χ1n) is 6.99. The van der Waals surface area contributed by atoms with Crippen LogP contribution in [0.1, 0.15) is 36.7 Å². The van der Waals surface area contributed by atoms with E-state index in [4.69, 9.17) is 5.11 Å². The van der Waals surface area contributed by atoms with Crippen molar-refractivity contribution in [2.45, 2.75) is 45.2 Å². The first-order valence-corrected chi connectivity index (χ1v) is 6.99. The van der Waals surface area contributed by atoms with E-state index in [9.17, 15) is 4.79 Å². The number of nitrogens with zero attached hydrogens (tertiary/aromatic N) is 2. The first-order chi connectivity index (χ1) is 9.54. The minimum absolute atomic E-state index is 0.0554. The molecule has 0 radical (unpaired) electrons. The average Bonchev–Trinajstić information content (AvgIpc) is 2.91. The van der Waals surface area contributed by atoms with Crippen LogP contribution in [-0.2, 0) is 0 Å². The minimum atomic E-state index is -0.932. The van der Waals surface area contributed by atoms with Crippen molar-refractivity contribution in [2.75, 3.05) is 0 Å². The van der Waals surface area contributed by atoms with Crippen molar-refractivity contribution in [1.29, 1.82) is 0 Å². The summed E-state index contributed by atoms with van der Waals surface area (Å²) >= 11 is 0. The number of carbonyl (C=O) groups is 1. The summed E-state index contributed by atoms with van der Waals surface area (Å²) in [6, 6.07) is 6.70. The third-order valence-electron chi connectivity index (χ3n) is 4.12. The van der Waals surface area contributed by atoms with E-state index in [1.165, 1.54) is 5.56 Å². The molecule has 2 atom stereocenters. The zero-order chi connectivity index (χ0) is 14.3. The van der Waals surface area contributed by atoms with Gasteiger partial charge in [-0.25, -0.2) is 9.78 Å². The number of carboxylic acid groups (broad SMARTS) is 1. The Kier molecular flexibility index (Phi) is 3.12. The van der Waals surface area contributed by atoms with Gasteiger partial charge in [0.25, 0.3) is 0 Å². The highest BCUT2D eigenvalue weighted by molar-refractivity contribution is 5.77. The predicted molar refractivity (Wildman–Crippen MR) is 77.0 cm³/mol. The average molecular weight is 273 g/mol. The lowest BCUT2D eigenvalue weighted by atomic mass is 10.2. The molecule has 5 nitrogen and oxygen atoms in total. The van der Waals surface area contributed by atoms with Gasteiger partial charge >= 0.3 is 6.09 Å². The Morgan fingerprint density at radius 2 is 2.20 bits per heavy atom. The summed E-state index contributed by atoms with van der Waals surface area (Å²) in [5.74, 6) is 1.01. The van der Waals surface area contributed by atoms with Gasteiger partial charge in [0, 0.05) is 12.1 Å². The van der Waals surface area contributed by atoms with Crippen LogP contribution < -0.4 is 5.32 Å². The summed E-state index contributed by atoms with van der Waals surface area (Å²) in [5, 5.41) is 11.4. The van der Waals surface area contributed by atoms with Crippen LogP contribution in [0.25, 0.3) is 11.0 Å². The summed E-state index contributed by atoms with van der Waals surface area (Å²) in [6.45, 7) is 4.09. The molecular formula is C15H19N3O2. The maximum absolute atomic E-state index is 10.7. The lowest BCUT2D eigenvalue weighted by Gasteiger charge is -2.16. The monoisotopic (exact) mass is 273 g/mol. The second kappa shape index (κ2) is 4.81. The smallest absolute Gasteiger partial charge is 0.404 e. The maximum atomic E-state index is 10.7. The fraction of sp³-hybridized carbons (Fsp3) is 0.467. The second-order valence-corrected chi connectivity index (χ2v) is 5.63. The summed E-state index contributed by atoms with van der Waals surface area (Å²) in [6.07, 6.45) is 1.79. The second-order valence-electron chi connectivity index (χ2n) is 5.63. The number of hydrogen-bond donors (Lipinski definition) is 2. The van der Waals surface area contributed by atoms with E-state index in [2.05, 4.69) is 40.0 Å². The van der Waals surface area contributed by atoms with Crippen LogP contribution in [0.15, 0.2) is 18.2 Å². The van der Waals surface area contributed by atoms with Crippen LogP contribution in [0.2, 0.25) is 0 Å². The fourth-order valence-corrected chi connectivity index (χ4v) is 3.29. The Bertz CT molecular complexity index is 662. The molecule has 1 aromatic heterocycles. The van der Waals surface area contributed by atoms with Gasteiger partial charge in [-0.05, 0) is 50.8 Å². The van der Waals surface area contributed by atoms with Crippen molar-refractivity contribution >= 4 is 17.1 Å². The molecule has 1 aliphatic rings. The van der Waals surface area contributed by atoms with Crippen molar-refractivity contribution in [3.8, 4) is 0 Å². The van der Waals surface area contributed by atoms with Crippen molar-refractivity contribution in [1.82, 2.24) is 14.9 Å². The number of amides is 1. The minimum Gasteiger partial charge on any atom is -0.465 e. The molecule has 1 aromatic carbocycles. The molecule has 106 valence electrons. The van der Waals surface area contributed by atoms with Gasteiger partial charge in [0.15, 0.2) is 0 Å². The molecule has 0 saturated heterocycles. The van der Waals surface area contributed by atoms with E-state index in [-0.39, 0.29) is 6.04 Å². The first kappa shape index (κ1) is 13.0. The Hall–Kier alpha value is -2.04. The summed E-state index contributed by atoms with van der Waals surface area (Å²) < 4.78 is 2.26. The molecule has 3 rings (SSSR count). The highest BCUT2D eigenvalue weighted by Crippen LogP contribution is 2.34. The third kappa shape index (κ3) is 2.24. The Labute approximate surface area is 117 Å². The molecule has 1 aliphatic carbocycles. The standard InChI is InChI=1S/C15H19N3O2/c1-9-3-6-14-13(7-9)16-10(2)18(14)12-5-4-11(8-12)17-15(19)20/h3,6-7,11-12,17H,4-5,8H2,1-2H3,(H,19,20)/t11-,12+/m0/s1. The van der Waals surface area contributed by atoms with Crippen LogP contribution in [0.5, 0.6) is 0 Å². The van der Waals surface area contributed by atoms with Crippen molar-refractivity contribution in [2.24, 2.45) is 0 Å². The molecule has 0 bridgehead atoms. The van der Waals surface area contributed by atoms with E-state index in [1.54, 1.807) is 0 Å². The Balaban J connectivity index is 1.91. The molecule has 2 aromatic rings. The summed E-state index contributed by atoms with van der Waals surface area (Å²) in [4.78, 5) is 15.4. The van der Waals surface area contributed by atoms with Gasteiger partial charge in [0.1, 0.15) is 5.82 Å². The number of nitrogens with one attached hydrogen (secondary N) is 1. The van der Waals surface area contributed by atoms with Crippen molar-refractivity contribution in [3.05, 3.63) is 29.6 Å². The van der Waals surface area contributed by atoms with Gasteiger partial charge in [-0.15, -0.1) is 0 Å². The largest absolute Gasteiger partial charge is 0.465 e. The van der Waals surface area contributed by atoms with Gasteiger partial charge in [-0.3, -0.25) is 0 Å². The van der Waals surface area contributed by atoms with E-state index >= 15 is 0 Å². The van der Waals surface area contributed by atoms with Gasteiger partial charge in [0.2, 0.25) is 0 Å². The molecule has 0 aliphatic heterocycles. The van der Waals surface area contributed by atoms with Crippen LogP contribution >= 0.6 is 0 Å². The number of hydrogen-bond acceptors (Lipinski definition) is 2. The molecule has 1 saturated carbocycles. The van der Waals surface area contributed by atoms with E-state index in [0.717, 1.165) is 36.1 Å². The number of aryl methyl sites for hydroxylation is 2. The number of fused-ring (bicyclic) bond motifs is 1. The zero-order valence-electron chi connectivity index (χ0n) is 11.8. The highest BCUT2D eigenvalue weighted by atomic mass is 16.4. The molecule has 1 amide bonds. The topological polar surface area (TPSA) is 67.2 Å². The van der Waals surface area contributed by atoms with Crippen molar-refractivity contribution < 1.29 is 9.90 Å². The maximum Gasteiger partial charge on any atom is 0.404 e. The Morgan fingerprint density at radius 1 is 1.40 bits per heavy atom. The Morgan fingerprint density at radius 3 is 2.95 bits per heavy atom. The molecule has 1 heterocycles. The summed E-state index contributed by atoms with van der Waals surface area (Å²) in [7, 11) is 0. The number of rotatable bonds is 2. The number of aromatic nitrogens is 2. The normalized spacial score (nSPS) is 22.3. The highest BCUT2D eigenvalue weighted by Gasteiger charge is 2.28. The molecular weight excluding hydrogens is 254 g/mol. The van der Waals surface area contributed by atoms with Gasteiger partial charge < -0.3 is 15.0 Å². The number of imidazole rings is 1. The lowest BCUT2D eigenvalue weighted by molar-refractivity contribution is 0.190. The summed E-state index contributed by atoms with van der Waals surface area (Å²) in [5.41, 5.74) is 3.38. The third-order valence-corrected chi connectivity index (χ3v) is 4.12. The van der Waals surface area contributed by atoms with Crippen LogP contribution in [0, 0.1) is 13.8 Å². The molecule has 0 spiro atoms. The number of benzene rings is 1. The lowest BCUT2D eigenvalue weighted by Crippen LogP contribution is -2.31. The molecule has 1 fully saturated rings. The van der Waals surface area contributed by atoms with Crippen LogP contribution in [0.4, 0.5) is 4.79 Å². The van der Waals surface area contributed by atoms with Crippen LogP contribution in [0.3, 0.4) is 0 Å². The fourth-order valence-electron chi connectivity index (χ4n) is 3.29. The van der Waals surface area contributed by atoms with E-state index < -0.39 is 6.09 Å². The quantitative estimate of drug-likeness (QED) is 0.883. The van der Waals surface area contributed by atoms with Gasteiger partial charge in [0.05, 0.1) is 11.0 Å². The van der Waals surface area contributed by atoms with Crippen LogP contribution in [-0.4, -0.2) is 26.8 Å². The molecule has 0 unspecified atom stereocenters.